The Kier molecular flexibility index (Phi) is 5.67. The Bertz CT molecular complexity index is 563. The molecule has 1 aromatic heterocycles. The van der Waals surface area contributed by atoms with Gasteiger partial charge in [0.05, 0.1) is 18.1 Å². The Hall–Kier alpha value is -1.44. The first-order valence-corrected chi connectivity index (χ1v) is 8.51. The fourth-order valence-corrected chi connectivity index (χ4v) is 2.20. The van der Waals surface area contributed by atoms with Crippen LogP contribution >= 0.6 is 0 Å². The van der Waals surface area contributed by atoms with Crippen LogP contribution in [0.15, 0.2) is 0 Å². The molecule has 0 aromatic carbocycles. The predicted molar refractivity (Wildman–Crippen MR) is 74.2 cm³/mol. The zero-order valence-corrected chi connectivity index (χ0v) is 13.1. The van der Waals surface area contributed by atoms with E-state index in [1.165, 1.54) is 10.9 Å². The maximum atomic E-state index is 11.8. The molecule has 7 nitrogen and oxygen atoms in total. The molecule has 1 aromatic rings. The van der Waals surface area contributed by atoms with E-state index in [4.69, 9.17) is 4.74 Å². The average molecular weight is 303 g/mol. The van der Waals surface area contributed by atoms with Gasteiger partial charge < -0.3 is 4.74 Å². The van der Waals surface area contributed by atoms with Gasteiger partial charge in [-0.2, -0.15) is 0 Å². The molecule has 0 atom stereocenters. The van der Waals surface area contributed by atoms with E-state index < -0.39 is 15.8 Å². The van der Waals surface area contributed by atoms with Crippen molar-refractivity contribution in [1.82, 2.24) is 15.0 Å². The minimum Gasteiger partial charge on any atom is -0.461 e. The molecule has 0 bridgehead atoms. The summed E-state index contributed by atoms with van der Waals surface area (Å²) in [6.45, 7) is 6.35. The number of esters is 1. The highest BCUT2D eigenvalue weighted by molar-refractivity contribution is 7.90. The number of aromatic nitrogens is 3. The third kappa shape index (κ3) is 5.28. The Balaban J connectivity index is 2.62. The second-order valence-corrected chi connectivity index (χ2v) is 7.48. The van der Waals surface area contributed by atoms with Gasteiger partial charge in [-0.1, -0.05) is 19.1 Å². The number of aryl methyl sites for hydroxylation is 1. The highest BCUT2D eigenvalue weighted by atomic mass is 32.2. The number of hydrogen-bond acceptors (Lipinski definition) is 6. The van der Waals surface area contributed by atoms with E-state index in [1.54, 1.807) is 6.92 Å². The lowest BCUT2D eigenvalue weighted by atomic mass is 10.2. The Labute approximate surface area is 119 Å². The van der Waals surface area contributed by atoms with E-state index in [1.807, 2.05) is 13.8 Å². The van der Waals surface area contributed by atoms with Crippen molar-refractivity contribution in [3.8, 4) is 0 Å². The first kappa shape index (κ1) is 16.6. The van der Waals surface area contributed by atoms with E-state index in [9.17, 15) is 13.2 Å². The number of nitrogens with zero attached hydrogens (tertiary/aromatic N) is 3. The number of ether oxygens (including phenoxy) is 1. The van der Waals surface area contributed by atoms with E-state index in [0.717, 1.165) is 0 Å². The predicted octanol–water partition coefficient (Wildman–Crippen LogP) is 0.834. The van der Waals surface area contributed by atoms with Crippen LogP contribution in [0.2, 0.25) is 0 Å². The zero-order valence-electron chi connectivity index (χ0n) is 12.3. The van der Waals surface area contributed by atoms with Gasteiger partial charge in [0.2, 0.25) is 0 Å². The highest BCUT2D eigenvalue weighted by Crippen LogP contribution is 2.07. The van der Waals surface area contributed by atoms with E-state index in [-0.39, 0.29) is 17.4 Å². The third-order valence-electron chi connectivity index (χ3n) is 2.61. The van der Waals surface area contributed by atoms with Crippen LogP contribution in [0.25, 0.3) is 0 Å². The molecule has 0 amide bonds. The lowest BCUT2D eigenvalue weighted by Crippen LogP contribution is -2.13. The second kappa shape index (κ2) is 6.83. The topological polar surface area (TPSA) is 91.2 Å². The number of sulfone groups is 1. The van der Waals surface area contributed by atoms with Crippen molar-refractivity contribution in [3.05, 3.63) is 11.4 Å². The number of hydrogen-bond donors (Lipinski definition) is 0. The molecule has 0 saturated heterocycles. The molecular weight excluding hydrogens is 282 g/mol. The van der Waals surface area contributed by atoms with Gasteiger partial charge in [-0.25, -0.2) is 17.9 Å². The second-order valence-electron chi connectivity index (χ2n) is 5.22. The van der Waals surface area contributed by atoms with Crippen molar-refractivity contribution >= 4 is 15.8 Å². The molecule has 0 aliphatic heterocycles. The van der Waals surface area contributed by atoms with Gasteiger partial charge in [0, 0.05) is 12.8 Å². The smallest absolute Gasteiger partial charge is 0.360 e. The van der Waals surface area contributed by atoms with Crippen molar-refractivity contribution in [3.63, 3.8) is 0 Å². The van der Waals surface area contributed by atoms with Crippen molar-refractivity contribution in [2.45, 2.75) is 33.7 Å². The van der Waals surface area contributed by atoms with Crippen LogP contribution in [0.4, 0.5) is 0 Å². The van der Waals surface area contributed by atoms with Crippen LogP contribution in [-0.2, 0) is 21.1 Å². The molecule has 1 rings (SSSR count). The van der Waals surface area contributed by atoms with Gasteiger partial charge in [0.15, 0.2) is 5.69 Å². The summed E-state index contributed by atoms with van der Waals surface area (Å²) in [6.07, 6.45) is 1.62. The van der Waals surface area contributed by atoms with Gasteiger partial charge in [-0.3, -0.25) is 0 Å². The van der Waals surface area contributed by atoms with Crippen molar-refractivity contribution in [2.75, 3.05) is 18.6 Å². The first-order chi connectivity index (χ1) is 9.20. The normalized spacial score (nSPS) is 11.8. The molecule has 8 heteroatoms. The molecule has 1 heterocycles. The first-order valence-electron chi connectivity index (χ1n) is 6.45. The quantitative estimate of drug-likeness (QED) is 0.693. The van der Waals surface area contributed by atoms with E-state index >= 15 is 0 Å². The van der Waals surface area contributed by atoms with Gasteiger partial charge in [0.25, 0.3) is 0 Å². The van der Waals surface area contributed by atoms with Crippen LogP contribution in [-0.4, -0.2) is 48.0 Å². The third-order valence-corrected chi connectivity index (χ3v) is 3.64. The monoisotopic (exact) mass is 303 g/mol. The summed E-state index contributed by atoms with van der Waals surface area (Å²) in [5, 5.41) is 7.65. The van der Waals surface area contributed by atoms with Gasteiger partial charge in [-0.05, 0) is 19.3 Å². The summed E-state index contributed by atoms with van der Waals surface area (Å²) < 4.78 is 28.7. The summed E-state index contributed by atoms with van der Waals surface area (Å²) in [7, 11) is -2.99. The Morgan fingerprint density at radius 3 is 2.60 bits per heavy atom. The number of rotatable bonds is 7. The zero-order chi connectivity index (χ0) is 15.3. The van der Waals surface area contributed by atoms with Gasteiger partial charge in [0.1, 0.15) is 9.84 Å². The summed E-state index contributed by atoms with van der Waals surface area (Å²) in [6, 6.07) is 0. The standard InChI is InChI=1S/C12H21N3O4S/c1-9(2)8-19-12(16)11-10(3)15(14-13-11)6-5-7-20(4,17)18/h9H,5-8H2,1-4H3. The molecule has 20 heavy (non-hydrogen) atoms. The van der Waals surface area contributed by atoms with Crippen LogP contribution in [0, 0.1) is 12.8 Å². The molecule has 0 N–H and O–H groups in total. The van der Waals surface area contributed by atoms with Gasteiger partial charge >= 0.3 is 5.97 Å². The molecule has 114 valence electrons. The van der Waals surface area contributed by atoms with Crippen molar-refractivity contribution in [2.24, 2.45) is 5.92 Å². The molecule has 0 spiro atoms. The fourth-order valence-electron chi connectivity index (χ4n) is 1.55. The van der Waals surface area contributed by atoms with Crippen LogP contribution < -0.4 is 0 Å². The highest BCUT2D eigenvalue weighted by Gasteiger charge is 2.18. The van der Waals surface area contributed by atoms with Crippen molar-refractivity contribution < 1.29 is 17.9 Å². The molecule has 0 saturated carbocycles. The molecule has 0 unspecified atom stereocenters. The lowest BCUT2D eigenvalue weighted by Gasteiger charge is -2.06. The Morgan fingerprint density at radius 1 is 1.40 bits per heavy atom. The largest absolute Gasteiger partial charge is 0.461 e. The van der Waals surface area contributed by atoms with Gasteiger partial charge in [-0.15, -0.1) is 5.10 Å². The van der Waals surface area contributed by atoms with Crippen molar-refractivity contribution in [1.29, 1.82) is 0 Å². The minimum atomic E-state index is -2.99. The molecule has 0 aliphatic carbocycles. The average Bonchev–Trinajstić information content (AvgIpc) is 2.66. The van der Waals surface area contributed by atoms with E-state index in [2.05, 4.69) is 10.3 Å². The summed E-state index contributed by atoms with van der Waals surface area (Å²) in [4.78, 5) is 11.8. The SMILES string of the molecule is Cc1c(C(=O)OCC(C)C)nnn1CCCS(C)(=O)=O. The Morgan fingerprint density at radius 2 is 2.05 bits per heavy atom. The molecule has 0 aliphatic rings. The molecule has 0 radical (unpaired) electrons. The molecule has 0 fully saturated rings. The minimum absolute atomic E-state index is 0.0828. The maximum Gasteiger partial charge on any atom is 0.360 e. The van der Waals surface area contributed by atoms with Crippen LogP contribution in [0.1, 0.15) is 36.5 Å². The summed E-state index contributed by atoms with van der Waals surface area (Å²) in [5.74, 6) is -0.158. The summed E-state index contributed by atoms with van der Waals surface area (Å²) >= 11 is 0. The fraction of sp³-hybridized carbons (Fsp3) is 0.750. The van der Waals surface area contributed by atoms with E-state index in [0.29, 0.717) is 25.3 Å². The lowest BCUT2D eigenvalue weighted by molar-refractivity contribution is 0.0451. The number of carbonyl (C=O) groups excluding carboxylic acids is 1. The van der Waals surface area contributed by atoms with Crippen LogP contribution in [0.3, 0.4) is 0 Å². The maximum absolute atomic E-state index is 11.8. The number of carbonyl (C=O) groups is 1. The van der Waals surface area contributed by atoms with Crippen LogP contribution in [0.5, 0.6) is 0 Å². The summed E-state index contributed by atoms with van der Waals surface area (Å²) in [5.41, 5.74) is 0.775. The molecular formula is C12H21N3O4S.